The summed E-state index contributed by atoms with van der Waals surface area (Å²) in [5.74, 6) is 0. The van der Waals surface area contributed by atoms with Crippen LogP contribution in [0.5, 0.6) is 0 Å². The van der Waals surface area contributed by atoms with Crippen molar-refractivity contribution in [3.63, 3.8) is 0 Å². The van der Waals surface area contributed by atoms with E-state index in [1.165, 1.54) is 0 Å². The summed E-state index contributed by atoms with van der Waals surface area (Å²) in [6, 6.07) is 1.60. The van der Waals surface area contributed by atoms with Gasteiger partial charge in [0.05, 0.1) is 0 Å². The van der Waals surface area contributed by atoms with E-state index in [1.54, 1.807) is 18.2 Å². The molecule has 0 unspecified atom stereocenters. The highest BCUT2D eigenvalue weighted by Gasteiger charge is 1.68. The van der Waals surface area contributed by atoms with Gasteiger partial charge in [0.1, 0.15) is 11.1 Å². The minimum atomic E-state index is 0.0324. The van der Waals surface area contributed by atoms with Gasteiger partial charge in [0.25, 0.3) is 0 Å². The van der Waals surface area contributed by atoms with E-state index in [9.17, 15) is 0 Å². The summed E-state index contributed by atoms with van der Waals surface area (Å²) in [6.45, 7) is 9.80. The van der Waals surface area contributed by atoms with Crippen molar-refractivity contribution in [2.75, 3.05) is 0 Å². The summed E-state index contributed by atoms with van der Waals surface area (Å²) in [4.78, 5) is 0. The first-order chi connectivity index (χ1) is 4.18. The molecule has 0 spiro atoms. The number of hydrogen-bond acceptors (Lipinski definition) is 1. The van der Waals surface area contributed by atoms with E-state index >= 15 is 0 Å². The van der Waals surface area contributed by atoms with E-state index in [0.717, 1.165) is 0 Å². The highest BCUT2D eigenvalue weighted by Crippen LogP contribution is 1.88. The molecule has 0 aromatic heterocycles. The van der Waals surface area contributed by atoms with Crippen molar-refractivity contribution < 1.29 is 0 Å². The first kappa shape index (κ1) is 10.9. The lowest BCUT2D eigenvalue weighted by Crippen LogP contribution is -1.44. The van der Waals surface area contributed by atoms with Crippen molar-refractivity contribution in [3.05, 3.63) is 36.9 Å². The van der Waals surface area contributed by atoms with Crippen LogP contribution in [-0.2, 0) is 0 Å². The molecule has 0 aromatic rings. The smallest absolute Gasteiger partial charge is 0.111 e. The van der Waals surface area contributed by atoms with Crippen molar-refractivity contribution >= 4 is 11.6 Å². The van der Waals surface area contributed by atoms with Crippen molar-refractivity contribution in [3.8, 4) is 6.07 Å². The second-order valence-electron chi connectivity index (χ2n) is 0.988. The van der Waals surface area contributed by atoms with Gasteiger partial charge in [-0.2, -0.15) is 5.26 Å². The maximum Gasteiger partial charge on any atom is 0.111 e. The Balaban J connectivity index is 0. The molecule has 0 aromatic carbocycles. The molecule has 0 atom stereocenters. The maximum atomic E-state index is 7.66. The number of nitrogens with zero attached hydrogens (tertiary/aromatic N) is 1. The monoisotopic (exact) mass is 141 g/mol. The zero-order valence-corrected chi connectivity index (χ0v) is 5.86. The van der Waals surface area contributed by atoms with Crippen LogP contribution in [0.2, 0.25) is 0 Å². The Morgan fingerprint density at radius 2 is 1.67 bits per heavy atom. The third kappa shape index (κ3) is 43.8. The molecule has 9 heavy (non-hydrogen) atoms. The minimum absolute atomic E-state index is 0.0324. The van der Waals surface area contributed by atoms with Gasteiger partial charge in [-0.25, -0.2) is 0 Å². The molecule has 1 nitrogen and oxygen atoms in total. The summed E-state index contributed by atoms with van der Waals surface area (Å²) in [7, 11) is 0. The molecule has 2 heteroatoms. The van der Waals surface area contributed by atoms with Gasteiger partial charge in [-0.05, 0) is 0 Å². The molecule has 0 fully saturated rings. The third-order valence-electron chi connectivity index (χ3n) is 0.288. The van der Waals surface area contributed by atoms with Crippen molar-refractivity contribution in [2.24, 2.45) is 0 Å². The van der Waals surface area contributed by atoms with E-state index in [-0.39, 0.29) is 5.03 Å². The van der Waals surface area contributed by atoms with Crippen LogP contribution in [0.15, 0.2) is 36.9 Å². The number of hydrogen-bond donors (Lipinski definition) is 0. The third-order valence-corrected chi connectivity index (χ3v) is 0.372. The summed E-state index contributed by atoms with van der Waals surface area (Å²) < 4.78 is 0. The summed E-state index contributed by atoms with van der Waals surface area (Å²) >= 11 is 4.91. The van der Waals surface area contributed by atoms with Crippen LogP contribution in [0.4, 0.5) is 0 Å². The average Bonchev–Trinajstić information content (AvgIpc) is 1.89. The number of halogens is 1. The normalized spacial score (nSPS) is 5.33. The highest BCUT2D eigenvalue weighted by molar-refractivity contribution is 6.31. The molecule has 0 heterocycles. The summed E-state index contributed by atoms with van der Waals surface area (Å²) in [6.07, 6.45) is 3.28. The first-order valence-corrected chi connectivity index (χ1v) is 2.54. The molecule has 0 aliphatic carbocycles. The van der Waals surface area contributed by atoms with Gasteiger partial charge in [0.2, 0.25) is 0 Å². The van der Waals surface area contributed by atoms with Crippen molar-refractivity contribution in [1.82, 2.24) is 0 Å². The van der Waals surface area contributed by atoms with Crippen LogP contribution < -0.4 is 0 Å². The molecule has 0 aliphatic rings. The largest absolute Gasteiger partial charge is 0.191 e. The molecule has 0 rings (SSSR count). The van der Waals surface area contributed by atoms with Crippen LogP contribution in [0, 0.1) is 11.3 Å². The molecule has 0 radical (unpaired) electrons. The number of rotatable bonds is 1. The van der Waals surface area contributed by atoms with Crippen LogP contribution in [0.3, 0.4) is 0 Å². The number of allylic oxidation sites excluding steroid dienone is 3. The Morgan fingerprint density at radius 3 is 1.67 bits per heavy atom. The molecule has 0 aliphatic heterocycles. The van der Waals surface area contributed by atoms with Crippen LogP contribution in [-0.4, -0.2) is 0 Å². The van der Waals surface area contributed by atoms with E-state index < -0.39 is 0 Å². The molecule has 48 valence electrons. The first-order valence-electron chi connectivity index (χ1n) is 2.17. The van der Waals surface area contributed by atoms with Gasteiger partial charge in [-0.3, -0.25) is 0 Å². The SMILES string of the molecule is C=C(Cl)C#N.C=CC=C. The fourth-order valence-electron chi connectivity index (χ4n) is 0. The minimum Gasteiger partial charge on any atom is -0.191 e. The lowest BCUT2D eigenvalue weighted by atomic mass is 10.6. The fraction of sp³-hybridized carbons (Fsp3) is 0. The molecule has 0 saturated carbocycles. The fourth-order valence-corrected chi connectivity index (χ4v) is 0. The maximum absolute atomic E-state index is 7.66. The Bertz CT molecular complexity index is 135. The standard InChI is InChI=1S/C4H6.C3H2ClN/c1-3-4-2;1-3(4)2-5/h3-4H,1-2H2;1H2. The van der Waals surface area contributed by atoms with Gasteiger partial charge in [0, 0.05) is 0 Å². The summed E-state index contributed by atoms with van der Waals surface area (Å²) in [5.41, 5.74) is 0. The topological polar surface area (TPSA) is 23.8 Å². The van der Waals surface area contributed by atoms with Gasteiger partial charge in [0.15, 0.2) is 0 Å². The average molecular weight is 142 g/mol. The zero-order valence-electron chi connectivity index (χ0n) is 5.10. The van der Waals surface area contributed by atoms with Crippen molar-refractivity contribution in [1.29, 1.82) is 5.26 Å². The van der Waals surface area contributed by atoms with E-state index in [2.05, 4.69) is 19.7 Å². The van der Waals surface area contributed by atoms with Gasteiger partial charge in [-0.15, -0.1) is 0 Å². The predicted octanol–water partition coefficient (Wildman–Crippen LogP) is 2.62. The van der Waals surface area contributed by atoms with Crippen LogP contribution >= 0.6 is 11.6 Å². The molecule has 0 amide bonds. The predicted molar refractivity (Wildman–Crippen MR) is 41.0 cm³/mol. The zero-order chi connectivity index (χ0) is 7.70. The number of nitriles is 1. The lowest BCUT2D eigenvalue weighted by molar-refractivity contribution is 1.53. The van der Waals surface area contributed by atoms with Gasteiger partial charge in [-0.1, -0.05) is 43.5 Å². The van der Waals surface area contributed by atoms with Crippen LogP contribution in [0.25, 0.3) is 0 Å². The highest BCUT2D eigenvalue weighted by atomic mass is 35.5. The summed E-state index contributed by atoms with van der Waals surface area (Å²) in [5, 5.41) is 7.69. The lowest BCUT2D eigenvalue weighted by Gasteiger charge is -1.58. The Hall–Kier alpha value is -1.00. The Morgan fingerprint density at radius 1 is 1.44 bits per heavy atom. The molecule has 0 N–H and O–H groups in total. The second-order valence-corrected chi connectivity index (χ2v) is 1.44. The van der Waals surface area contributed by atoms with Gasteiger partial charge < -0.3 is 0 Å². The van der Waals surface area contributed by atoms with Crippen LogP contribution in [0.1, 0.15) is 0 Å². The van der Waals surface area contributed by atoms with Crippen molar-refractivity contribution in [2.45, 2.75) is 0 Å². The van der Waals surface area contributed by atoms with E-state index in [1.807, 2.05) is 0 Å². The Kier molecular flexibility index (Phi) is 12.2. The molecular formula is C7H8ClN. The van der Waals surface area contributed by atoms with E-state index in [4.69, 9.17) is 16.9 Å². The quantitative estimate of drug-likeness (QED) is 0.407. The van der Waals surface area contributed by atoms with Gasteiger partial charge >= 0.3 is 0 Å². The molecule has 0 bridgehead atoms. The van der Waals surface area contributed by atoms with E-state index in [0.29, 0.717) is 0 Å². The second kappa shape index (κ2) is 10.1. The molecule has 0 saturated heterocycles. The molecular weight excluding hydrogens is 134 g/mol. The Labute approximate surface area is 60.6 Å².